The molecular weight excluding hydrogens is 272 g/mol. The summed E-state index contributed by atoms with van der Waals surface area (Å²) in [6.45, 7) is 2.27. The lowest BCUT2D eigenvalue weighted by atomic mass is 10.0. The molecule has 0 unspecified atom stereocenters. The predicted molar refractivity (Wildman–Crippen MR) is 94.5 cm³/mol. The Kier molecular flexibility index (Phi) is 10.2. The van der Waals surface area contributed by atoms with E-state index in [2.05, 4.69) is 24.2 Å². The third-order valence-electron chi connectivity index (χ3n) is 4.18. The van der Waals surface area contributed by atoms with Crippen LogP contribution in [0.15, 0.2) is 29.4 Å². The zero-order chi connectivity index (χ0) is 16.0. The van der Waals surface area contributed by atoms with E-state index in [1.54, 1.807) is 0 Å². The van der Waals surface area contributed by atoms with Crippen LogP contribution in [0.25, 0.3) is 0 Å². The molecule has 1 aromatic rings. The molecule has 0 radical (unpaired) electrons. The van der Waals surface area contributed by atoms with Crippen LogP contribution in [0.3, 0.4) is 0 Å². The first-order chi connectivity index (χ1) is 10.8. The van der Waals surface area contributed by atoms with Crippen LogP contribution in [0.4, 0.5) is 0 Å². The fraction of sp³-hybridized carbons (Fsp3) is 0.632. The number of nitrogens with two attached hydrogens (primary N) is 1. The minimum Gasteiger partial charge on any atom is -0.409 e. The lowest BCUT2D eigenvalue weighted by Crippen LogP contribution is -2.12. The van der Waals surface area contributed by atoms with Crippen molar-refractivity contribution in [1.29, 1.82) is 0 Å². The number of benzene rings is 1. The van der Waals surface area contributed by atoms with Crippen LogP contribution in [0.5, 0.6) is 0 Å². The molecule has 0 aliphatic heterocycles. The highest BCUT2D eigenvalue weighted by atomic mass is 16.4. The summed E-state index contributed by atoms with van der Waals surface area (Å²) in [5.74, 6) is 0.172. The second kappa shape index (κ2) is 12.1. The molecular formula is C19H32N2O. The van der Waals surface area contributed by atoms with Crippen LogP contribution in [0.2, 0.25) is 0 Å². The Labute approximate surface area is 135 Å². The van der Waals surface area contributed by atoms with E-state index in [1.807, 2.05) is 12.1 Å². The number of aryl methyl sites for hydroxylation is 1. The summed E-state index contributed by atoms with van der Waals surface area (Å²) in [7, 11) is 0. The molecule has 1 rings (SSSR count). The summed E-state index contributed by atoms with van der Waals surface area (Å²) in [6, 6.07) is 7.98. The SMILES string of the molecule is CCCCCCCCCCCCc1ccc(C(N)=NO)cc1. The number of hydrogen-bond acceptors (Lipinski definition) is 2. The van der Waals surface area contributed by atoms with Gasteiger partial charge in [-0.3, -0.25) is 0 Å². The molecule has 0 amide bonds. The van der Waals surface area contributed by atoms with E-state index >= 15 is 0 Å². The van der Waals surface area contributed by atoms with E-state index < -0.39 is 0 Å². The monoisotopic (exact) mass is 304 g/mol. The fourth-order valence-electron chi connectivity index (χ4n) is 2.72. The minimum atomic E-state index is 0.172. The van der Waals surface area contributed by atoms with Crippen molar-refractivity contribution in [1.82, 2.24) is 0 Å². The Balaban J connectivity index is 2.03. The average Bonchev–Trinajstić information content (AvgIpc) is 2.56. The van der Waals surface area contributed by atoms with Crippen LogP contribution < -0.4 is 5.73 Å². The summed E-state index contributed by atoms with van der Waals surface area (Å²) in [6.07, 6.45) is 14.8. The van der Waals surface area contributed by atoms with Gasteiger partial charge in [0.2, 0.25) is 0 Å². The number of oxime groups is 1. The van der Waals surface area contributed by atoms with Crippen molar-refractivity contribution < 1.29 is 5.21 Å². The third-order valence-corrected chi connectivity index (χ3v) is 4.18. The van der Waals surface area contributed by atoms with Gasteiger partial charge in [-0.1, -0.05) is 94.1 Å². The molecule has 0 aliphatic rings. The maximum absolute atomic E-state index is 8.62. The van der Waals surface area contributed by atoms with Crippen LogP contribution in [0.1, 0.15) is 82.3 Å². The highest BCUT2D eigenvalue weighted by molar-refractivity contribution is 5.96. The van der Waals surface area contributed by atoms with Gasteiger partial charge >= 0.3 is 0 Å². The molecule has 3 nitrogen and oxygen atoms in total. The normalized spacial score (nSPS) is 11.8. The topological polar surface area (TPSA) is 58.6 Å². The van der Waals surface area contributed by atoms with Crippen LogP contribution in [0, 0.1) is 0 Å². The number of amidine groups is 1. The highest BCUT2D eigenvalue weighted by Gasteiger charge is 1.99. The Hall–Kier alpha value is -1.51. The van der Waals surface area contributed by atoms with Crippen molar-refractivity contribution in [2.24, 2.45) is 10.9 Å². The van der Waals surface area contributed by atoms with Gasteiger partial charge in [0.25, 0.3) is 0 Å². The number of nitrogens with zero attached hydrogens (tertiary/aromatic N) is 1. The molecule has 0 saturated carbocycles. The van der Waals surface area contributed by atoms with E-state index in [0.29, 0.717) is 0 Å². The van der Waals surface area contributed by atoms with Crippen molar-refractivity contribution in [2.75, 3.05) is 0 Å². The third kappa shape index (κ3) is 8.06. The van der Waals surface area contributed by atoms with Gasteiger partial charge in [0.15, 0.2) is 5.84 Å². The van der Waals surface area contributed by atoms with Gasteiger partial charge < -0.3 is 10.9 Å². The quantitative estimate of drug-likeness (QED) is 0.182. The van der Waals surface area contributed by atoms with E-state index in [9.17, 15) is 0 Å². The standard InChI is InChI=1S/C19H32N2O/c1-2-3-4-5-6-7-8-9-10-11-12-17-13-15-18(16-14-17)19(20)21-22/h13-16,22H,2-12H2,1H3,(H2,20,21). The molecule has 1 aromatic carbocycles. The highest BCUT2D eigenvalue weighted by Crippen LogP contribution is 2.13. The van der Waals surface area contributed by atoms with Gasteiger partial charge in [-0.2, -0.15) is 0 Å². The smallest absolute Gasteiger partial charge is 0.170 e. The molecule has 3 heteroatoms. The van der Waals surface area contributed by atoms with Gasteiger partial charge in [0.05, 0.1) is 0 Å². The lowest BCUT2D eigenvalue weighted by Gasteiger charge is -2.04. The number of unbranched alkanes of at least 4 members (excludes halogenated alkanes) is 9. The Morgan fingerprint density at radius 2 is 1.36 bits per heavy atom. The Bertz CT molecular complexity index is 412. The number of hydrogen-bond donors (Lipinski definition) is 2. The van der Waals surface area contributed by atoms with Crippen LogP contribution in [-0.2, 0) is 6.42 Å². The molecule has 124 valence electrons. The van der Waals surface area contributed by atoms with E-state index in [1.165, 1.54) is 69.8 Å². The molecule has 0 atom stereocenters. The van der Waals surface area contributed by atoms with Crippen LogP contribution >= 0.6 is 0 Å². The zero-order valence-electron chi connectivity index (χ0n) is 14.1. The minimum absolute atomic E-state index is 0.172. The van der Waals surface area contributed by atoms with Gasteiger partial charge in [0, 0.05) is 5.56 Å². The maximum atomic E-state index is 8.62. The second-order valence-corrected chi connectivity index (χ2v) is 6.11. The molecule has 0 fully saturated rings. The van der Waals surface area contributed by atoms with Crippen molar-refractivity contribution >= 4 is 5.84 Å². The van der Waals surface area contributed by atoms with Gasteiger partial charge in [-0.15, -0.1) is 0 Å². The number of rotatable bonds is 12. The molecule has 0 bridgehead atoms. The first kappa shape index (κ1) is 18.5. The molecule has 0 heterocycles. The predicted octanol–water partition coefficient (Wildman–Crippen LogP) is 5.24. The molecule has 22 heavy (non-hydrogen) atoms. The zero-order valence-corrected chi connectivity index (χ0v) is 14.1. The Morgan fingerprint density at radius 1 is 0.864 bits per heavy atom. The van der Waals surface area contributed by atoms with E-state index in [4.69, 9.17) is 10.9 Å². The molecule has 0 saturated heterocycles. The van der Waals surface area contributed by atoms with E-state index in [-0.39, 0.29) is 5.84 Å². The van der Waals surface area contributed by atoms with Crippen molar-refractivity contribution in [2.45, 2.75) is 77.6 Å². The second-order valence-electron chi connectivity index (χ2n) is 6.11. The lowest BCUT2D eigenvalue weighted by molar-refractivity contribution is 0.318. The summed E-state index contributed by atoms with van der Waals surface area (Å²) in [5, 5.41) is 11.6. The summed E-state index contributed by atoms with van der Waals surface area (Å²) in [5.41, 5.74) is 7.65. The van der Waals surface area contributed by atoms with Crippen molar-refractivity contribution in [3.05, 3.63) is 35.4 Å². The summed E-state index contributed by atoms with van der Waals surface area (Å²) in [4.78, 5) is 0. The fourth-order valence-corrected chi connectivity index (χ4v) is 2.72. The van der Waals surface area contributed by atoms with Crippen LogP contribution in [-0.4, -0.2) is 11.0 Å². The molecule has 3 N–H and O–H groups in total. The van der Waals surface area contributed by atoms with Gasteiger partial charge in [-0.25, -0.2) is 0 Å². The molecule has 0 aliphatic carbocycles. The first-order valence-electron chi connectivity index (χ1n) is 8.84. The summed E-state index contributed by atoms with van der Waals surface area (Å²) >= 11 is 0. The summed E-state index contributed by atoms with van der Waals surface area (Å²) < 4.78 is 0. The van der Waals surface area contributed by atoms with Gasteiger partial charge in [0.1, 0.15) is 0 Å². The van der Waals surface area contributed by atoms with Gasteiger partial charge in [-0.05, 0) is 18.4 Å². The average molecular weight is 304 g/mol. The molecule has 0 aromatic heterocycles. The van der Waals surface area contributed by atoms with Crippen molar-refractivity contribution in [3.8, 4) is 0 Å². The van der Waals surface area contributed by atoms with E-state index in [0.717, 1.165) is 12.0 Å². The largest absolute Gasteiger partial charge is 0.409 e. The Morgan fingerprint density at radius 3 is 1.86 bits per heavy atom. The maximum Gasteiger partial charge on any atom is 0.170 e. The first-order valence-corrected chi connectivity index (χ1v) is 8.84. The van der Waals surface area contributed by atoms with Crippen molar-refractivity contribution in [3.63, 3.8) is 0 Å². The molecule has 0 spiro atoms.